The molecule has 0 unspecified atom stereocenters. The molecule has 0 N–H and O–H groups in total. The van der Waals surface area contributed by atoms with Gasteiger partial charge in [-0.25, -0.2) is 8.78 Å². The lowest BCUT2D eigenvalue weighted by Crippen LogP contribution is -2.34. The summed E-state index contributed by atoms with van der Waals surface area (Å²) >= 11 is 0. The smallest absolute Gasteiger partial charge is 0.150 e. The molecule has 0 amide bonds. The van der Waals surface area contributed by atoms with Crippen LogP contribution >= 0.6 is 0 Å². The third-order valence-corrected chi connectivity index (χ3v) is 3.59. The standard InChI is InChI=1S/C12H14F2N2OS/c1-8(7-18(3)17)16(2)12-10(13)4-9(6-15)5-11(12)14/h4-5,8H,7H2,1-3H3/t8-,18-/m1/s1. The molecule has 0 radical (unpaired) electrons. The first-order valence-corrected chi connectivity index (χ1v) is 7.01. The fraction of sp³-hybridized carbons (Fsp3) is 0.417. The summed E-state index contributed by atoms with van der Waals surface area (Å²) < 4.78 is 38.6. The molecule has 0 aliphatic carbocycles. The van der Waals surface area contributed by atoms with Crippen molar-refractivity contribution in [2.24, 2.45) is 0 Å². The average molecular weight is 272 g/mol. The predicted molar refractivity (Wildman–Crippen MR) is 67.9 cm³/mol. The summed E-state index contributed by atoms with van der Waals surface area (Å²) in [5, 5.41) is 8.61. The highest BCUT2D eigenvalue weighted by Crippen LogP contribution is 2.25. The van der Waals surface area contributed by atoms with Crippen LogP contribution in [-0.2, 0) is 10.8 Å². The van der Waals surface area contributed by atoms with Gasteiger partial charge in [0.1, 0.15) is 5.69 Å². The number of anilines is 1. The normalized spacial score (nSPS) is 13.8. The van der Waals surface area contributed by atoms with Crippen molar-refractivity contribution in [3.63, 3.8) is 0 Å². The van der Waals surface area contributed by atoms with Crippen LogP contribution in [0.25, 0.3) is 0 Å². The second-order valence-electron chi connectivity index (χ2n) is 4.10. The minimum atomic E-state index is -1.05. The Balaban J connectivity index is 3.10. The third kappa shape index (κ3) is 3.26. The van der Waals surface area contributed by atoms with Gasteiger partial charge in [0.2, 0.25) is 0 Å². The number of hydrogen-bond acceptors (Lipinski definition) is 3. The van der Waals surface area contributed by atoms with Crippen LogP contribution in [-0.4, -0.2) is 29.3 Å². The number of nitriles is 1. The second-order valence-corrected chi connectivity index (χ2v) is 5.58. The zero-order chi connectivity index (χ0) is 13.9. The maximum atomic E-state index is 13.7. The Morgan fingerprint density at radius 2 is 1.94 bits per heavy atom. The molecule has 0 aliphatic rings. The van der Waals surface area contributed by atoms with Crippen molar-refractivity contribution in [1.29, 1.82) is 5.26 Å². The van der Waals surface area contributed by atoms with Gasteiger partial charge < -0.3 is 4.90 Å². The molecule has 2 atom stereocenters. The number of rotatable bonds is 4. The van der Waals surface area contributed by atoms with E-state index < -0.39 is 22.4 Å². The third-order valence-electron chi connectivity index (χ3n) is 2.64. The first-order valence-electron chi connectivity index (χ1n) is 5.28. The molecule has 0 bridgehead atoms. The minimum absolute atomic E-state index is 0.0612. The molecule has 3 nitrogen and oxygen atoms in total. The van der Waals surface area contributed by atoms with E-state index in [4.69, 9.17) is 5.26 Å². The number of hydrogen-bond donors (Lipinski definition) is 0. The molecular weight excluding hydrogens is 258 g/mol. The quantitative estimate of drug-likeness (QED) is 0.842. The Morgan fingerprint density at radius 3 is 2.33 bits per heavy atom. The summed E-state index contributed by atoms with van der Waals surface area (Å²) in [7, 11) is 0.485. The highest BCUT2D eigenvalue weighted by atomic mass is 32.2. The highest BCUT2D eigenvalue weighted by molar-refractivity contribution is 7.84. The Morgan fingerprint density at radius 1 is 1.44 bits per heavy atom. The summed E-state index contributed by atoms with van der Waals surface area (Å²) in [6.07, 6.45) is 1.54. The SMILES string of the molecule is C[C@H](C[S@@](C)=O)N(C)c1c(F)cc(C#N)cc1F. The van der Waals surface area contributed by atoms with Crippen molar-refractivity contribution in [2.75, 3.05) is 24.0 Å². The van der Waals surface area contributed by atoms with Gasteiger partial charge >= 0.3 is 0 Å². The molecule has 1 aromatic carbocycles. The molecule has 0 saturated heterocycles. The summed E-state index contributed by atoms with van der Waals surface area (Å²) in [6, 6.07) is 3.40. The van der Waals surface area contributed by atoms with Gasteiger partial charge in [-0.05, 0) is 19.1 Å². The molecular formula is C12H14F2N2OS. The molecule has 1 aromatic rings. The fourth-order valence-electron chi connectivity index (χ4n) is 1.64. The molecule has 0 aliphatic heterocycles. The topological polar surface area (TPSA) is 44.1 Å². The van der Waals surface area contributed by atoms with E-state index in [0.717, 1.165) is 12.1 Å². The molecule has 0 saturated carbocycles. The Bertz CT molecular complexity index is 490. The van der Waals surface area contributed by atoms with E-state index in [2.05, 4.69) is 0 Å². The van der Waals surface area contributed by atoms with Crippen molar-refractivity contribution in [3.05, 3.63) is 29.3 Å². The van der Waals surface area contributed by atoms with Crippen LogP contribution in [0.15, 0.2) is 12.1 Å². The lowest BCUT2D eigenvalue weighted by molar-refractivity contribution is 0.567. The maximum Gasteiger partial charge on any atom is 0.150 e. The van der Waals surface area contributed by atoms with Crippen LogP contribution < -0.4 is 4.90 Å². The number of halogens is 2. The van der Waals surface area contributed by atoms with Gasteiger partial charge in [0, 0.05) is 35.9 Å². The lowest BCUT2D eigenvalue weighted by atomic mass is 10.1. The zero-order valence-electron chi connectivity index (χ0n) is 10.4. The van der Waals surface area contributed by atoms with Gasteiger partial charge in [-0.2, -0.15) is 5.26 Å². The molecule has 0 spiro atoms. The summed E-state index contributed by atoms with van der Waals surface area (Å²) in [5.41, 5.74) is -0.263. The van der Waals surface area contributed by atoms with Crippen LogP contribution in [0, 0.1) is 23.0 Å². The molecule has 18 heavy (non-hydrogen) atoms. The van der Waals surface area contributed by atoms with E-state index in [-0.39, 0.29) is 17.3 Å². The van der Waals surface area contributed by atoms with Gasteiger partial charge in [0.05, 0.1) is 11.6 Å². The maximum absolute atomic E-state index is 13.7. The van der Waals surface area contributed by atoms with Crippen LogP contribution in [0.4, 0.5) is 14.5 Å². The Hall–Kier alpha value is -1.48. The van der Waals surface area contributed by atoms with Crippen molar-refractivity contribution >= 4 is 16.5 Å². The van der Waals surface area contributed by atoms with E-state index in [9.17, 15) is 13.0 Å². The van der Waals surface area contributed by atoms with Gasteiger partial charge in [-0.15, -0.1) is 0 Å². The van der Waals surface area contributed by atoms with E-state index in [1.54, 1.807) is 13.0 Å². The monoisotopic (exact) mass is 272 g/mol. The molecule has 1 rings (SSSR count). The first-order chi connectivity index (χ1) is 8.36. The van der Waals surface area contributed by atoms with E-state index in [1.165, 1.54) is 18.2 Å². The number of nitrogens with zero attached hydrogens (tertiary/aromatic N) is 2. The predicted octanol–water partition coefficient (Wildman–Crippen LogP) is 2.04. The van der Waals surface area contributed by atoms with Gasteiger partial charge in [0.15, 0.2) is 11.6 Å². The zero-order valence-corrected chi connectivity index (χ0v) is 11.2. The molecule has 6 heteroatoms. The van der Waals surface area contributed by atoms with Gasteiger partial charge in [-0.3, -0.25) is 4.21 Å². The highest BCUT2D eigenvalue weighted by Gasteiger charge is 2.20. The van der Waals surface area contributed by atoms with E-state index >= 15 is 0 Å². The van der Waals surface area contributed by atoms with Crippen molar-refractivity contribution in [2.45, 2.75) is 13.0 Å². The second kappa shape index (κ2) is 5.91. The average Bonchev–Trinajstić information content (AvgIpc) is 2.26. The number of benzene rings is 1. The van der Waals surface area contributed by atoms with Crippen LogP contribution in [0.3, 0.4) is 0 Å². The van der Waals surface area contributed by atoms with Gasteiger partial charge in [0.25, 0.3) is 0 Å². The van der Waals surface area contributed by atoms with Crippen molar-refractivity contribution in [1.82, 2.24) is 0 Å². The van der Waals surface area contributed by atoms with E-state index in [1.807, 2.05) is 0 Å². The fourth-order valence-corrected chi connectivity index (χ4v) is 2.54. The van der Waals surface area contributed by atoms with Gasteiger partial charge in [-0.1, -0.05) is 0 Å². The van der Waals surface area contributed by atoms with E-state index in [0.29, 0.717) is 5.75 Å². The van der Waals surface area contributed by atoms with Crippen LogP contribution in [0.2, 0.25) is 0 Å². The van der Waals surface area contributed by atoms with Crippen molar-refractivity contribution in [3.8, 4) is 6.07 Å². The largest absolute Gasteiger partial charge is 0.366 e. The summed E-state index contributed by atoms with van der Waals surface area (Å²) in [5.74, 6) is -1.26. The Labute approximate surface area is 107 Å². The first kappa shape index (κ1) is 14.6. The molecule has 0 heterocycles. The van der Waals surface area contributed by atoms with Crippen LogP contribution in [0.5, 0.6) is 0 Å². The molecule has 0 fully saturated rings. The molecule has 0 aromatic heterocycles. The summed E-state index contributed by atoms with van der Waals surface area (Å²) in [6.45, 7) is 1.73. The minimum Gasteiger partial charge on any atom is -0.366 e. The molecule has 98 valence electrons. The lowest BCUT2D eigenvalue weighted by Gasteiger charge is -2.27. The summed E-state index contributed by atoms with van der Waals surface area (Å²) in [4.78, 5) is 1.40. The Kier molecular flexibility index (Phi) is 4.79. The van der Waals surface area contributed by atoms with Crippen LogP contribution in [0.1, 0.15) is 12.5 Å². The van der Waals surface area contributed by atoms with Crippen molar-refractivity contribution < 1.29 is 13.0 Å².